The van der Waals surface area contributed by atoms with Crippen LogP contribution in [0.2, 0.25) is 10.0 Å². The highest BCUT2D eigenvalue weighted by molar-refractivity contribution is 6.33. The topological polar surface area (TPSA) is 29.1 Å². The lowest BCUT2D eigenvalue weighted by molar-refractivity contribution is -0.119. The number of carbonyl (C=O) groups is 1. The van der Waals surface area contributed by atoms with E-state index in [2.05, 4.69) is 5.32 Å². The molecule has 102 valence electrons. The first-order chi connectivity index (χ1) is 9.63. The molecule has 1 aliphatic rings. The molecule has 0 spiro atoms. The van der Waals surface area contributed by atoms with E-state index in [-0.39, 0.29) is 11.8 Å². The molecule has 4 heteroatoms. The maximum absolute atomic E-state index is 12.4. The number of benzene rings is 2. The number of Topliss-reactive ketones (excluding diaryl/α,β-unsaturated/α-hetero) is 1. The fourth-order valence-corrected chi connectivity index (χ4v) is 2.86. The van der Waals surface area contributed by atoms with E-state index in [0.29, 0.717) is 16.5 Å². The van der Waals surface area contributed by atoms with Gasteiger partial charge in [-0.05, 0) is 35.4 Å². The molecular weight excluding hydrogens is 293 g/mol. The molecule has 0 aromatic heterocycles. The van der Waals surface area contributed by atoms with Gasteiger partial charge in [0.15, 0.2) is 5.78 Å². The molecule has 0 fully saturated rings. The van der Waals surface area contributed by atoms with Crippen LogP contribution in [0.15, 0.2) is 42.5 Å². The van der Waals surface area contributed by atoms with Crippen molar-refractivity contribution in [3.05, 3.63) is 63.6 Å². The number of hydrogen-bond acceptors (Lipinski definition) is 2. The normalized spacial score (nSPS) is 16.6. The second-order valence-electron chi connectivity index (χ2n) is 4.94. The monoisotopic (exact) mass is 305 g/mol. The number of halogens is 2. The van der Waals surface area contributed by atoms with Gasteiger partial charge < -0.3 is 5.32 Å². The predicted octanol–water partition coefficient (Wildman–Crippen LogP) is 4.14. The van der Waals surface area contributed by atoms with E-state index in [0.717, 1.165) is 17.7 Å². The maximum Gasteiger partial charge on any atom is 0.159 e. The van der Waals surface area contributed by atoms with Crippen LogP contribution in [0.4, 0.5) is 5.69 Å². The smallest absolute Gasteiger partial charge is 0.159 e. The number of para-hydroxylation sites is 1. The largest absolute Gasteiger partial charge is 0.375 e. The Morgan fingerprint density at radius 3 is 2.80 bits per heavy atom. The zero-order chi connectivity index (χ0) is 14.1. The van der Waals surface area contributed by atoms with Crippen molar-refractivity contribution in [3.63, 3.8) is 0 Å². The van der Waals surface area contributed by atoms with Gasteiger partial charge in [-0.3, -0.25) is 4.79 Å². The van der Waals surface area contributed by atoms with E-state index in [9.17, 15) is 4.79 Å². The minimum atomic E-state index is -0.178. The van der Waals surface area contributed by atoms with Crippen molar-refractivity contribution in [2.45, 2.75) is 18.9 Å². The van der Waals surface area contributed by atoms with Crippen LogP contribution in [0, 0.1) is 0 Å². The number of hydrogen-bond donors (Lipinski definition) is 1. The molecule has 2 aromatic rings. The van der Waals surface area contributed by atoms with Crippen LogP contribution >= 0.6 is 23.2 Å². The van der Waals surface area contributed by atoms with E-state index in [1.165, 1.54) is 5.56 Å². The highest BCUT2D eigenvalue weighted by atomic mass is 35.5. The summed E-state index contributed by atoms with van der Waals surface area (Å²) in [5, 5.41) is 4.44. The van der Waals surface area contributed by atoms with Crippen molar-refractivity contribution in [1.82, 2.24) is 0 Å². The van der Waals surface area contributed by atoms with E-state index in [1.807, 2.05) is 24.3 Å². The van der Waals surface area contributed by atoms with Crippen LogP contribution in [0.5, 0.6) is 0 Å². The fraction of sp³-hybridized carbons (Fsp3) is 0.188. The Morgan fingerprint density at radius 2 is 2.00 bits per heavy atom. The average Bonchev–Trinajstić information content (AvgIpc) is 2.87. The highest BCUT2D eigenvalue weighted by Crippen LogP contribution is 2.27. The summed E-state index contributed by atoms with van der Waals surface area (Å²) >= 11 is 12.1. The summed E-state index contributed by atoms with van der Waals surface area (Å²) in [6.45, 7) is 0. The van der Waals surface area contributed by atoms with Crippen molar-refractivity contribution in [3.8, 4) is 0 Å². The predicted molar refractivity (Wildman–Crippen MR) is 82.7 cm³/mol. The molecule has 1 heterocycles. The van der Waals surface area contributed by atoms with Gasteiger partial charge in [0.1, 0.15) is 0 Å². The van der Waals surface area contributed by atoms with Gasteiger partial charge in [-0.15, -0.1) is 0 Å². The molecule has 1 aliphatic heterocycles. The summed E-state index contributed by atoms with van der Waals surface area (Å²) in [7, 11) is 0. The van der Waals surface area contributed by atoms with Gasteiger partial charge >= 0.3 is 0 Å². The second-order valence-corrected chi connectivity index (χ2v) is 5.78. The van der Waals surface area contributed by atoms with Gasteiger partial charge in [0.25, 0.3) is 0 Å². The number of nitrogens with one attached hydrogen (secondary N) is 1. The summed E-state index contributed by atoms with van der Waals surface area (Å²) in [5.74, 6) is 0.130. The summed E-state index contributed by atoms with van der Waals surface area (Å²) < 4.78 is 0. The number of rotatable bonds is 3. The highest BCUT2D eigenvalue weighted by Gasteiger charge is 2.26. The van der Waals surface area contributed by atoms with Gasteiger partial charge in [-0.2, -0.15) is 0 Å². The summed E-state index contributed by atoms with van der Waals surface area (Å²) in [6, 6.07) is 13.0. The Kier molecular flexibility index (Phi) is 3.68. The first-order valence-corrected chi connectivity index (χ1v) is 7.20. The maximum atomic E-state index is 12.4. The third-order valence-electron chi connectivity index (χ3n) is 3.53. The second kappa shape index (κ2) is 5.47. The van der Waals surface area contributed by atoms with Crippen molar-refractivity contribution < 1.29 is 4.79 Å². The Bertz CT molecular complexity index is 644. The van der Waals surface area contributed by atoms with Gasteiger partial charge in [-0.1, -0.05) is 41.4 Å². The van der Waals surface area contributed by atoms with Gasteiger partial charge in [0.2, 0.25) is 0 Å². The third kappa shape index (κ3) is 2.67. The van der Waals surface area contributed by atoms with Crippen molar-refractivity contribution in [2.24, 2.45) is 0 Å². The Morgan fingerprint density at radius 1 is 1.20 bits per heavy atom. The summed E-state index contributed by atoms with van der Waals surface area (Å²) in [5.41, 5.74) is 3.01. The number of anilines is 1. The minimum absolute atomic E-state index is 0.130. The third-order valence-corrected chi connectivity index (χ3v) is 4.14. The standard InChI is InChI=1S/C16H13Cl2NO/c17-12-5-6-13(18)11(7-12)9-16(20)15-8-10-3-1-2-4-14(10)19-15/h1-7,15,19H,8-9H2. The molecule has 2 aromatic carbocycles. The lowest BCUT2D eigenvalue weighted by Crippen LogP contribution is -2.28. The minimum Gasteiger partial charge on any atom is -0.375 e. The van der Waals surface area contributed by atoms with Crippen molar-refractivity contribution in [2.75, 3.05) is 5.32 Å². The molecule has 1 atom stereocenters. The van der Waals surface area contributed by atoms with Crippen LogP contribution in [-0.2, 0) is 17.6 Å². The van der Waals surface area contributed by atoms with Crippen LogP contribution < -0.4 is 5.32 Å². The van der Waals surface area contributed by atoms with Crippen LogP contribution in [0.25, 0.3) is 0 Å². The summed E-state index contributed by atoms with van der Waals surface area (Å²) in [4.78, 5) is 12.4. The molecule has 3 rings (SSSR count). The fourth-order valence-electron chi connectivity index (χ4n) is 2.48. The van der Waals surface area contributed by atoms with E-state index < -0.39 is 0 Å². The lowest BCUT2D eigenvalue weighted by atomic mass is 10.0. The van der Waals surface area contributed by atoms with Crippen LogP contribution in [-0.4, -0.2) is 11.8 Å². The zero-order valence-electron chi connectivity index (χ0n) is 10.7. The van der Waals surface area contributed by atoms with E-state index in [4.69, 9.17) is 23.2 Å². The Balaban J connectivity index is 1.74. The number of carbonyl (C=O) groups excluding carboxylic acids is 1. The SMILES string of the molecule is O=C(Cc1cc(Cl)ccc1Cl)C1Cc2ccccc2N1. The van der Waals surface area contributed by atoms with Crippen LogP contribution in [0.3, 0.4) is 0 Å². The molecule has 0 aliphatic carbocycles. The molecule has 0 radical (unpaired) electrons. The molecule has 1 unspecified atom stereocenters. The molecule has 0 amide bonds. The molecular formula is C16H13Cl2NO. The van der Waals surface area contributed by atoms with Crippen molar-refractivity contribution in [1.29, 1.82) is 0 Å². The average molecular weight is 306 g/mol. The van der Waals surface area contributed by atoms with Crippen molar-refractivity contribution >= 4 is 34.7 Å². The molecule has 0 saturated heterocycles. The first kappa shape index (κ1) is 13.5. The van der Waals surface area contributed by atoms with E-state index >= 15 is 0 Å². The first-order valence-electron chi connectivity index (χ1n) is 6.44. The Labute approximate surface area is 127 Å². The zero-order valence-corrected chi connectivity index (χ0v) is 12.2. The molecule has 0 saturated carbocycles. The number of fused-ring (bicyclic) bond motifs is 1. The summed E-state index contributed by atoms with van der Waals surface area (Å²) in [6.07, 6.45) is 1.03. The molecule has 1 N–H and O–H groups in total. The number of ketones is 1. The van der Waals surface area contributed by atoms with Gasteiger partial charge in [0.05, 0.1) is 6.04 Å². The molecule has 20 heavy (non-hydrogen) atoms. The van der Waals surface area contributed by atoms with Gasteiger partial charge in [-0.25, -0.2) is 0 Å². The van der Waals surface area contributed by atoms with E-state index in [1.54, 1.807) is 18.2 Å². The van der Waals surface area contributed by atoms with Gasteiger partial charge in [0, 0.05) is 28.6 Å². The molecule has 2 nitrogen and oxygen atoms in total. The Hall–Kier alpha value is -1.51. The molecule has 0 bridgehead atoms. The lowest BCUT2D eigenvalue weighted by Gasteiger charge is -2.11. The quantitative estimate of drug-likeness (QED) is 0.923. The van der Waals surface area contributed by atoms with Crippen LogP contribution in [0.1, 0.15) is 11.1 Å².